The van der Waals surface area contributed by atoms with Gasteiger partial charge in [-0.05, 0) is 60.9 Å². The Morgan fingerprint density at radius 1 is 1.13 bits per heavy atom. The van der Waals surface area contributed by atoms with Gasteiger partial charge in [0.2, 0.25) is 5.91 Å². The van der Waals surface area contributed by atoms with Gasteiger partial charge in [0, 0.05) is 30.0 Å². The van der Waals surface area contributed by atoms with E-state index in [4.69, 9.17) is 16.3 Å². The second-order valence-electron chi connectivity index (χ2n) is 8.04. The zero-order valence-electron chi connectivity index (χ0n) is 16.9. The fraction of sp³-hybridized carbons (Fsp3) is 0.292. The number of methoxy groups -OCH3 is 1. The lowest BCUT2D eigenvalue weighted by Crippen LogP contribution is -2.51. The van der Waals surface area contributed by atoms with Crippen molar-refractivity contribution in [3.8, 4) is 11.4 Å². The molecule has 2 aromatic carbocycles. The third kappa shape index (κ3) is 3.23. The molecule has 1 amide bonds. The van der Waals surface area contributed by atoms with Gasteiger partial charge in [0.15, 0.2) is 0 Å². The van der Waals surface area contributed by atoms with E-state index >= 15 is 0 Å². The van der Waals surface area contributed by atoms with E-state index in [9.17, 15) is 4.79 Å². The van der Waals surface area contributed by atoms with Crippen molar-refractivity contribution >= 4 is 23.2 Å². The Bertz CT molecular complexity index is 1080. The van der Waals surface area contributed by atoms with E-state index < -0.39 is 0 Å². The van der Waals surface area contributed by atoms with Crippen LogP contribution in [0.2, 0.25) is 5.02 Å². The van der Waals surface area contributed by atoms with Crippen LogP contribution in [0.5, 0.6) is 5.75 Å². The molecule has 1 saturated heterocycles. The Morgan fingerprint density at radius 3 is 2.63 bits per heavy atom. The fourth-order valence-corrected chi connectivity index (χ4v) is 4.84. The Hall–Kier alpha value is -2.92. The van der Waals surface area contributed by atoms with Crippen LogP contribution in [-0.4, -0.2) is 35.6 Å². The van der Waals surface area contributed by atoms with Crippen LogP contribution in [0.25, 0.3) is 5.69 Å². The number of rotatable bonds is 3. The van der Waals surface area contributed by atoms with E-state index in [1.807, 2.05) is 41.3 Å². The Morgan fingerprint density at radius 2 is 1.90 bits per heavy atom. The molecule has 0 aliphatic carbocycles. The van der Waals surface area contributed by atoms with Crippen LogP contribution >= 0.6 is 11.6 Å². The number of anilines is 1. The Labute approximate surface area is 181 Å². The quantitative estimate of drug-likeness (QED) is 0.671. The lowest BCUT2D eigenvalue weighted by atomic mass is 9.82. The molecule has 1 N–H and O–H groups in total. The SMILES string of the molecule is COc1ccc(CC(=O)N2CCC3(CC2)Nc2cc(Cl)ccc2-n2cccc23)cc1. The van der Waals surface area contributed by atoms with Gasteiger partial charge >= 0.3 is 0 Å². The van der Waals surface area contributed by atoms with Gasteiger partial charge in [-0.25, -0.2) is 0 Å². The van der Waals surface area contributed by atoms with Crippen molar-refractivity contribution in [3.63, 3.8) is 0 Å². The van der Waals surface area contributed by atoms with Crippen molar-refractivity contribution in [1.29, 1.82) is 0 Å². The largest absolute Gasteiger partial charge is 0.497 e. The zero-order valence-corrected chi connectivity index (χ0v) is 17.7. The number of nitrogens with zero attached hydrogens (tertiary/aromatic N) is 2. The maximum absolute atomic E-state index is 12.9. The Kier molecular flexibility index (Phi) is 4.70. The summed E-state index contributed by atoms with van der Waals surface area (Å²) in [5, 5.41) is 4.48. The first-order valence-corrected chi connectivity index (χ1v) is 10.6. The number of hydrogen-bond acceptors (Lipinski definition) is 3. The van der Waals surface area contributed by atoms with Crippen LogP contribution in [0.4, 0.5) is 5.69 Å². The van der Waals surface area contributed by atoms with Gasteiger partial charge < -0.3 is 19.5 Å². The second kappa shape index (κ2) is 7.40. The van der Waals surface area contributed by atoms with Crippen molar-refractivity contribution in [3.05, 3.63) is 77.1 Å². The molecule has 0 radical (unpaired) electrons. The number of amides is 1. The van der Waals surface area contributed by atoms with Crippen LogP contribution in [-0.2, 0) is 16.8 Å². The van der Waals surface area contributed by atoms with E-state index in [0.717, 1.165) is 53.6 Å². The van der Waals surface area contributed by atoms with Gasteiger partial charge in [-0.1, -0.05) is 23.7 Å². The molecule has 0 bridgehead atoms. The minimum atomic E-state index is -0.182. The molecule has 2 aliphatic heterocycles. The lowest BCUT2D eigenvalue weighted by molar-refractivity contribution is -0.132. The summed E-state index contributed by atoms with van der Waals surface area (Å²) in [6.45, 7) is 1.45. The molecule has 0 saturated carbocycles. The number of nitrogens with one attached hydrogen (secondary N) is 1. The van der Waals surface area contributed by atoms with Crippen molar-refractivity contribution in [2.75, 3.05) is 25.5 Å². The zero-order chi connectivity index (χ0) is 20.7. The maximum Gasteiger partial charge on any atom is 0.226 e. The molecule has 1 spiro atoms. The molecule has 1 aromatic heterocycles. The predicted octanol–water partition coefficient (Wildman–Crippen LogP) is 4.63. The third-order valence-corrected chi connectivity index (χ3v) is 6.55. The molecule has 5 rings (SSSR count). The van der Waals surface area contributed by atoms with Crippen LogP contribution in [0, 0.1) is 0 Å². The van der Waals surface area contributed by atoms with Gasteiger partial charge in [0.05, 0.1) is 30.4 Å². The highest BCUT2D eigenvalue weighted by Gasteiger charge is 2.42. The monoisotopic (exact) mass is 421 g/mol. The first kappa shape index (κ1) is 19.1. The first-order valence-electron chi connectivity index (χ1n) is 10.2. The Balaban J connectivity index is 1.32. The third-order valence-electron chi connectivity index (χ3n) is 6.32. The van der Waals surface area contributed by atoms with Crippen LogP contribution in [0.3, 0.4) is 0 Å². The van der Waals surface area contributed by atoms with Crippen LogP contribution in [0.15, 0.2) is 60.8 Å². The summed E-state index contributed by atoms with van der Waals surface area (Å²) in [6.07, 6.45) is 4.24. The predicted molar refractivity (Wildman–Crippen MR) is 119 cm³/mol. The minimum Gasteiger partial charge on any atom is -0.497 e. The van der Waals surface area contributed by atoms with Crippen LogP contribution in [0.1, 0.15) is 24.1 Å². The average molecular weight is 422 g/mol. The molecule has 3 heterocycles. The van der Waals surface area contributed by atoms with Crippen molar-refractivity contribution in [2.45, 2.75) is 24.8 Å². The fourth-order valence-electron chi connectivity index (χ4n) is 4.67. The highest BCUT2D eigenvalue weighted by Crippen LogP contribution is 2.44. The van der Waals surface area contributed by atoms with E-state index in [0.29, 0.717) is 6.42 Å². The molecule has 0 unspecified atom stereocenters. The number of piperidine rings is 1. The van der Waals surface area contributed by atoms with E-state index in [1.54, 1.807) is 7.11 Å². The summed E-state index contributed by atoms with van der Waals surface area (Å²) >= 11 is 6.26. The van der Waals surface area contributed by atoms with Gasteiger partial charge in [-0.3, -0.25) is 4.79 Å². The van der Waals surface area contributed by atoms with Gasteiger partial charge in [0.1, 0.15) is 5.75 Å². The standard InChI is InChI=1S/C24H24ClN3O2/c1-30-19-7-4-17(5-8-19)15-23(29)27-13-10-24(11-14-27)22-3-2-12-28(22)21-9-6-18(25)16-20(21)26-24/h2-9,12,16,26H,10-11,13-15H2,1H3. The van der Waals surface area contributed by atoms with Crippen molar-refractivity contribution in [2.24, 2.45) is 0 Å². The molecular weight excluding hydrogens is 398 g/mol. The van der Waals surface area contributed by atoms with Crippen molar-refractivity contribution in [1.82, 2.24) is 9.47 Å². The van der Waals surface area contributed by atoms with Gasteiger partial charge in [0.25, 0.3) is 0 Å². The number of aromatic nitrogens is 1. The van der Waals surface area contributed by atoms with Crippen molar-refractivity contribution < 1.29 is 9.53 Å². The maximum atomic E-state index is 12.9. The minimum absolute atomic E-state index is 0.171. The number of fused-ring (bicyclic) bond motifs is 4. The smallest absolute Gasteiger partial charge is 0.226 e. The number of likely N-dealkylation sites (tertiary alicyclic amines) is 1. The molecule has 3 aromatic rings. The molecule has 6 heteroatoms. The van der Waals surface area contributed by atoms with Gasteiger partial charge in [-0.2, -0.15) is 0 Å². The molecule has 5 nitrogen and oxygen atoms in total. The van der Waals surface area contributed by atoms with Gasteiger partial charge in [-0.15, -0.1) is 0 Å². The number of benzene rings is 2. The second-order valence-corrected chi connectivity index (χ2v) is 8.47. The van der Waals surface area contributed by atoms with E-state index in [1.165, 1.54) is 5.69 Å². The molecule has 154 valence electrons. The molecule has 1 fully saturated rings. The highest BCUT2D eigenvalue weighted by molar-refractivity contribution is 6.31. The summed E-state index contributed by atoms with van der Waals surface area (Å²) < 4.78 is 7.44. The molecule has 30 heavy (non-hydrogen) atoms. The summed E-state index contributed by atoms with van der Waals surface area (Å²) in [7, 11) is 1.64. The number of ether oxygens (including phenoxy) is 1. The normalized spacial score (nSPS) is 16.5. The molecular formula is C24H24ClN3O2. The molecule has 2 aliphatic rings. The highest BCUT2D eigenvalue weighted by atomic mass is 35.5. The van der Waals surface area contributed by atoms with E-state index in [2.05, 4.69) is 34.3 Å². The first-order chi connectivity index (χ1) is 14.6. The number of hydrogen-bond donors (Lipinski definition) is 1. The summed E-state index contributed by atoms with van der Waals surface area (Å²) in [6, 6.07) is 17.9. The average Bonchev–Trinajstić information content (AvgIpc) is 3.26. The number of carbonyl (C=O) groups is 1. The summed E-state index contributed by atoms with van der Waals surface area (Å²) in [5.74, 6) is 0.975. The summed E-state index contributed by atoms with van der Waals surface area (Å²) in [5.41, 5.74) is 4.24. The lowest BCUT2D eigenvalue weighted by Gasteiger charge is -2.46. The number of carbonyl (C=O) groups excluding carboxylic acids is 1. The number of halogens is 1. The topological polar surface area (TPSA) is 46.5 Å². The van der Waals surface area contributed by atoms with E-state index in [-0.39, 0.29) is 11.4 Å². The molecule has 0 atom stereocenters. The summed E-state index contributed by atoms with van der Waals surface area (Å²) in [4.78, 5) is 14.9. The van der Waals surface area contributed by atoms with Crippen LogP contribution < -0.4 is 10.1 Å².